The van der Waals surface area contributed by atoms with E-state index in [9.17, 15) is 0 Å². The predicted molar refractivity (Wildman–Crippen MR) is 109 cm³/mol. The number of rotatable bonds is 4. The van der Waals surface area contributed by atoms with Crippen LogP contribution in [0.1, 0.15) is 47.7 Å². The van der Waals surface area contributed by atoms with E-state index in [0.29, 0.717) is 19.0 Å². The van der Waals surface area contributed by atoms with Gasteiger partial charge >= 0.3 is 0 Å². The molecule has 7 nitrogen and oxygen atoms in total. The molecule has 0 aliphatic carbocycles. The molecule has 1 saturated heterocycles. The summed E-state index contributed by atoms with van der Waals surface area (Å²) in [4.78, 5) is 11.2. The zero-order valence-electron chi connectivity index (χ0n) is 16.6. The number of allylic oxidation sites excluding steroid dienone is 1. The maximum Gasteiger partial charge on any atom is 0.246 e. The lowest BCUT2D eigenvalue weighted by Crippen LogP contribution is -2.32. The van der Waals surface area contributed by atoms with Gasteiger partial charge in [0.1, 0.15) is 6.54 Å². The molecule has 1 aromatic carbocycles. The molecular formula is C22H25N5O2. The van der Waals surface area contributed by atoms with E-state index >= 15 is 0 Å². The van der Waals surface area contributed by atoms with E-state index in [1.165, 1.54) is 16.7 Å². The lowest BCUT2D eigenvalue weighted by molar-refractivity contribution is 0.110. The summed E-state index contributed by atoms with van der Waals surface area (Å²) in [5.74, 6) is 1.44. The highest BCUT2D eigenvalue weighted by Crippen LogP contribution is 2.37. The molecule has 1 N–H and O–H groups in total. The van der Waals surface area contributed by atoms with Crippen LogP contribution in [-0.4, -0.2) is 41.1 Å². The Morgan fingerprint density at radius 3 is 3.00 bits per heavy atom. The minimum absolute atomic E-state index is 0.0850. The van der Waals surface area contributed by atoms with Crippen molar-refractivity contribution in [3.63, 3.8) is 0 Å². The van der Waals surface area contributed by atoms with Crippen molar-refractivity contribution in [2.75, 3.05) is 19.7 Å². The van der Waals surface area contributed by atoms with Crippen LogP contribution >= 0.6 is 0 Å². The number of hydrogen-bond acceptors (Lipinski definition) is 7. The molecule has 7 heteroatoms. The Morgan fingerprint density at radius 2 is 2.14 bits per heavy atom. The van der Waals surface area contributed by atoms with Gasteiger partial charge in [0.15, 0.2) is 5.82 Å². The lowest BCUT2D eigenvalue weighted by Gasteiger charge is -2.30. The van der Waals surface area contributed by atoms with Crippen LogP contribution in [0.2, 0.25) is 0 Å². The molecule has 1 unspecified atom stereocenters. The van der Waals surface area contributed by atoms with Gasteiger partial charge in [-0.15, -0.1) is 0 Å². The molecule has 2 aromatic rings. The van der Waals surface area contributed by atoms with Gasteiger partial charge in [-0.25, -0.2) is 4.99 Å². The van der Waals surface area contributed by atoms with Crippen molar-refractivity contribution in [1.29, 1.82) is 0 Å². The van der Waals surface area contributed by atoms with Crippen molar-refractivity contribution >= 4 is 6.34 Å². The number of hydrogen-bond donors (Lipinski definition) is 1. The average Bonchev–Trinajstić information content (AvgIpc) is 3.41. The van der Waals surface area contributed by atoms with Crippen LogP contribution in [0.4, 0.5) is 0 Å². The van der Waals surface area contributed by atoms with Gasteiger partial charge in [0.2, 0.25) is 5.89 Å². The first-order valence-electron chi connectivity index (χ1n) is 10.1. The summed E-state index contributed by atoms with van der Waals surface area (Å²) in [5, 5.41) is 7.56. The van der Waals surface area contributed by atoms with Crippen LogP contribution in [0.25, 0.3) is 0 Å². The molecule has 150 valence electrons. The van der Waals surface area contributed by atoms with Crippen molar-refractivity contribution in [3.8, 4) is 0 Å². The second-order valence-electron chi connectivity index (χ2n) is 7.88. The highest BCUT2D eigenvalue weighted by Gasteiger charge is 2.31. The Kier molecular flexibility index (Phi) is 4.77. The molecule has 0 bridgehead atoms. The second-order valence-corrected chi connectivity index (χ2v) is 7.88. The monoisotopic (exact) mass is 391 g/mol. The fourth-order valence-electron chi connectivity index (χ4n) is 4.09. The summed E-state index contributed by atoms with van der Waals surface area (Å²) in [6.07, 6.45) is 3.70. The van der Waals surface area contributed by atoms with Crippen molar-refractivity contribution in [3.05, 3.63) is 70.7 Å². The minimum atomic E-state index is 0.0850. The van der Waals surface area contributed by atoms with Gasteiger partial charge in [0.25, 0.3) is 0 Å². The molecule has 0 radical (unpaired) electrons. The molecular weight excluding hydrogens is 366 g/mol. The molecule has 0 saturated carbocycles. The fraction of sp³-hybridized carbons (Fsp3) is 0.409. The Balaban J connectivity index is 1.24. The van der Waals surface area contributed by atoms with Crippen molar-refractivity contribution in [2.24, 2.45) is 4.99 Å². The summed E-state index contributed by atoms with van der Waals surface area (Å²) in [6.45, 7) is 9.18. The fourth-order valence-corrected chi connectivity index (χ4v) is 4.09. The summed E-state index contributed by atoms with van der Waals surface area (Å²) in [6, 6.07) is 8.51. The minimum Gasteiger partial charge on any atom is -0.373 e. The van der Waals surface area contributed by atoms with E-state index in [0.717, 1.165) is 43.1 Å². The number of ether oxygens (including phenoxy) is 1. The van der Waals surface area contributed by atoms with Crippen molar-refractivity contribution in [2.45, 2.75) is 38.3 Å². The van der Waals surface area contributed by atoms with Crippen LogP contribution in [0.5, 0.6) is 0 Å². The standard InChI is InChI=1S/C22H25N5O2/c1-14-3-5-16(6-4-14)20-9-17(12-28-20)22-25-21(29-26-22)11-27-13-24-19-10-23-8-7-18(19)15(27)2/h3-6,13,17,20,23H,2,7-12H2,1H3/t17?,20-/m1/s1. The topological polar surface area (TPSA) is 75.8 Å². The smallest absolute Gasteiger partial charge is 0.246 e. The highest BCUT2D eigenvalue weighted by molar-refractivity contribution is 5.65. The number of aryl methyl sites for hydroxylation is 1. The highest BCUT2D eigenvalue weighted by atomic mass is 16.5. The van der Waals surface area contributed by atoms with Crippen LogP contribution in [0, 0.1) is 6.92 Å². The third-order valence-corrected chi connectivity index (χ3v) is 5.84. The van der Waals surface area contributed by atoms with Gasteiger partial charge in [0.05, 0.1) is 24.7 Å². The molecule has 3 aliphatic heterocycles. The Bertz CT molecular complexity index is 975. The van der Waals surface area contributed by atoms with Crippen molar-refractivity contribution < 1.29 is 9.26 Å². The van der Waals surface area contributed by atoms with Gasteiger partial charge in [-0.1, -0.05) is 41.6 Å². The maximum atomic E-state index is 6.00. The van der Waals surface area contributed by atoms with Gasteiger partial charge in [-0.3, -0.25) is 0 Å². The van der Waals surface area contributed by atoms with Gasteiger partial charge in [-0.05, 0) is 37.4 Å². The number of nitrogens with one attached hydrogen (secondary N) is 1. The molecule has 29 heavy (non-hydrogen) atoms. The molecule has 2 atom stereocenters. The Hall–Kier alpha value is -2.77. The normalized spacial score (nSPS) is 24.3. The zero-order chi connectivity index (χ0) is 19.8. The third kappa shape index (κ3) is 3.63. The number of aromatic nitrogens is 2. The van der Waals surface area contributed by atoms with Crippen LogP contribution in [0.15, 0.2) is 57.3 Å². The quantitative estimate of drug-likeness (QED) is 0.862. The van der Waals surface area contributed by atoms with Crippen molar-refractivity contribution in [1.82, 2.24) is 20.4 Å². The average molecular weight is 391 g/mol. The summed E-state index contributed by atoms with van der Waals surface area (Å²) in [7, 11) is 0. The van der Waals surface area contributed by atoms with E-state index in [2.05, 4.69) is 58.2 Å². The van der Waals surface area contributed by atoms with Gasteiger partial charge in [0, 0.05) is 18.2 Å². The second kappa shape index (κ2) is 7.57. The summed E-state index contributed by atoms with van der Waals surface area (Å²) < 4.78 is 11.5. The molecule has 0 spiro atoms. The van der Waals surface area contributed by atoms with E-state index in [1.54, 1.807) is 0 Å². The van der Waals surface area contributed by atoms with E-state index in [4.69, 9.17) is 9.26 Å². The van der Waals surface area contributed by atoms with Crippen LogP contribution in [0.3, 0.4) is 0 Å². The first-order chi connectivity index (χ1) is 14.2. The molecule has 0 amide bonds. The maximum absolute atomic E-state index is 6.00. The summed E-state index contributed by atoms with van der Waals surface area (Å²) in [5.41, 5.74) is 5.72. The Labute approximate surface area is 170 Å². The predicted octanol–water partition coefficient (Wildman–Crippen LogP) is 3.23. The molecule has 4 heterocycles. The first kappa shape index (κ1) is 18.3. The van der Waals surface area contributed by atoms with Gasteiger partial charge in [-0.2, -0.15) is 4.98 Å². The molecule has 1 aromatic heterocycles. The molecule has 1 fully saturated rings. The zero-order valence-corrected chi connectivity index (χ0v) is 16.6. The van der Waals surface area contributed by atoms with E-state index in [-0.39, 0.29) is 12.0 Å². The summed E-state index contributed by atoms with van der Waals surface area (Å²) >= 11 is 0. The lowest BCUT2D eigenvalue weighted by atomic mass is 9.99. The van der Waals surface area contributed by atoms with Crippen LogP contribution in [-0.2, 0) is 11.3 Å². The van der Waals surface area contributed by atoms with Gasteiger partial charge < -0.3 is 19.5 Å². The number of nitrogens with zero attached hydrogens (tertiary/aromatic N) is 4. The van der Waals surface area contributed by atoms with E-state index < -0.39 is 0 Å². The SMILES string of the molecule is C=C1C2=C(CNCC2)N=CN1Cc1nc(C2CO[C@@H](c3ccc(C)cc3)C2)no1. The molecule has 5 rings (SSSR count). The van der Waals surface area contributed by atoms with Crippen LogP contribution < -0.4 is 5.32 Å². The molecule has 3 aliphatic rings. The first-order valence-corrected chi connectivity index (χ1v) is 10.1. The van der Waals surface area contributed by atoms with E-state index in [1.807, 2.05) is 11.2 Å². The Morgan fingerprint density at radius 1 is 1.28 bits per heavy atom. The number of benzene rings is 1. The number of aliphatic imine (C=N–C) groups is 1. The largest absolute Gasteiger partial charge is 0.373 e. The third-order valence-electron chi connectivity index (χ3n) is 5.84.